The average molecular weight is 302 g/mol. The monoisotopic (exact) mass is 302 g/mol. The Labute approximate surface area is 136 Å². The van der Waals surface area contributed by atoms with Crippen molar-refractivity contribution in [3.63, 3.8) is 0 Å². The van der Waals surface area contributed by atoms with E-state index < -0.39 is 0 Å². The molecule has 0 aromatic heterocycles. The highest BCUT2D eigenvalue weighted by atomic mass is 16.1. The van der Waals surface area contributed by atoms with E-state index in [2.05, 4.69) is 24.0 Å². The number of ketones is 1. The third kappa shape index (κ3) is 3.17. The molecule has 0 spiro atoms. The van der Waals surface area contributed by atoms with E-state index in [0.717, 1.165) is 23.2 Å². The fourth-order valence-corrected chi connectivity index (χ4v) is 2.92. The highest BCUT2D eigenvalue weighted by Gasteiger charge is 2.28. The summed E-state index contributed by atoms with van der Waals surface area (Å²) in [7, 11) is 0. The van der Waals surface area contributed by atoms with Gasteiger partial charge >= 0.3 is 0 Å². The SMILES string of the molecule is [C-]#[N+]c1ccc2c(c1)/C(=C/C(=O)c1ccccc1)NC(C)(C)C2. The molecule has 1 aliphatic rings. The van der Waals surface area contributed by atoms with Crippen molar-refractivity contribution >= 4 is 17.2 Å². The molecule has 0 aliphatic carbocycles. The number of hydrogen-bond acceptors (Lipinski definition) is 2. The first-order valence-electron chi connectivity index (χ1n) is 7.58. The molecule has 1 aliphatic heterocycles. The Balaban J connectivity index is 2.07. The van der Waals surface area contributed by atoms with Gasteiger partial charge in [0, 0.05) is 22.9 Å². The van der Waals surface area contributed by atoms with Gasteiger partial charge in [-0.15, -0.1) is 0 Å². The zero-order valence-electron chi connectivity index (χ0n) is 13.3. The van der Waals surface area contributed by atoms with Gasteiger partial charge in [-0.25, -0.2) is 4.85 Å². The lowest BCUT2D eigenvalue weighted by Gasteiger charge is -2.35. The first-order chi connectivity index (χ1) is 11.0. The largest absolute Gasteiger partial charge is 0.379 e. The van der Waals surface area contributed by atoms with Gasteiger partial charge in [0.25, 0.3) is 0 Å². The molecule has 2 aromatic rings. The Morgan fingerprint density at radius 3 is 2.65 bits per heavy atom. The number of nitrogens with zero attached hydrogens (tertiary/aromatic N) is 1. The number of hydrogen-bond donors (Lipinski definition) is 1. The van der Waals surface area contributed by atoms with Crippen LogP contribution in [-0.2, 0) is 6.42 Å². The van der Waals surface area contributed by atoms with Crippen molar-refractivity contribution in [3.05, 3.63) is 82.7 Å². The molecular weight excluding hydrogens is 284 g/mol. The van der Waals surface area contributed by atoms with Crippen molar-refractivity contribution in [2.75, 3.05) is 0 Å². The zero-order valence-corrected chi connectivity index (χ0v) is 13.3. The van der Waals surface area contributed by atoms with E-state index in [0.29, 0.717) is 11.3 Å². The second kappa shape index (κ2) is 5.73. The molecule has 3 nitrogen and oxygen atoms in total. The summed E-state index contributed by atoms with van der Waals surface area (Å²) in [5.74, 6) is -0.0371. The summed E-state index contributed by atoms with van der Waals surface area (Å²) < 4.78 is 0. The Morgan fingerprint density at radius 2 is 1.96 bits per heavy atom. The number of benzene rings is 2. The van der Waals surface area contributed by atoms with E-state index >= 15 is 0 Å². The topological polar surface area (TPSA) is 33.5 Å². The van der Waals surface area contributed by atoms with Gasteiger partial charge in [-0.05, 0) is 37.5 Å². The van der Waals surface area contributed by atoms with Crippen molar-refractivity contribution < 1.29 is 4.79 Å². The van der Waals surface area contributed by atoms with Gasteiger partial charge in [-0.2, -0.15) is 0 Å². The molecule has 0 amide bonds. The van der Waals surface area contributed by atoms with E-state index in [-0.39, 0.29) is 11.3 Å². The van der Waals surface area contributed by atoms with Gasteiger partial charge in [-0.3, -0.25) is 4.79 Å². The molecule has 1 heterocycles. The lowest BCUT2D eigenvalue weighted by atomic mass is 9.85. The van der Waals surface area contributed by atoms with Gasteiger partial charge in [0.2, 0.25) is 0 Å². The van der Waals surface area contributed by atoms with Crippen molar-refractivity contribution in [1.29, 1.82) is 0 Å². The summed E-state index contributed by atoms with van der Waals surface area (Å²) in [6.07, 6.45) is 2.50. The number of rotatable bonds is 2. The molecule has 23 heavy (non-hydrogen) atoms. The van der Waals surface area contributed by atoms with Gasteiger partial charge in [0.1, 0.15) is 0 Å². The minimum atomic E-state index is -0.130. The molecule has 114 valence electrons. The molecule has 0 bridgehead atoms. The van der Waals surface area contributed by atoms with Crippen LogP contribution in [0.1, 0.15) is 35.3 Å². The van der Waals surface area contributed by atoms with Crippen molar-refractivity contribution in [3.8, 4) is 0 Å². The predicted molar refractivity (Wildman–Crippen MR) is 92.4 cm³/mol. The van der Waals surface area contributed by atoms with Crippen LogP contribution in [0.15, 0.2) is 54.6 Å². The minimum Gasteiger partial charge on any atom is -0.379 e. The second-order valence-corrected chi connectivity index (χ2v) is 6.43. The lowest BCUT2D eigenvalue weighted by molar-refractivity contribution is 0.104. The summed E-state index contributed by atoms with van der Waals surface area (Å²) in [5.41, 5.74) is 4.01. The highest BCUT2D eigenvalue weighted by molar-refractivity contribution is 6.08. The van der Waals surface area contributed by atoms with Crippen LogP contribution < -0.4 is 5.32 Å². The summed E-state index contributed by atoms with van der Waals surface area (Å²) in [6.45, 7) is 11.4. The second-order valence-electron chi connectivity index (χ2n) is 6.43. The number of carbonyl (C=O) groups excluding carboxylic acids is 1. The maximum atomic E-state index is 12.5. The molecule has 3 rings (SSSR count). The number of fused-ring (bicyclic) bond motifs is 1. The van der Waals surface area contributed by atoms with Crippen LogP contribution in [-0.4, -0.2) is 11.3 Å². The fourth-order valence-electron chi connectivity index (χ4n) is 2.92. The third-order valence-electron chi connectivity index (χ3n) is 3.95. The summed E-state index contributed by atoms with van der Waals surface area (Å²) in [5, 5.41) is 3.44. The van der Waals surface area contributed by atoms with Crippen LogP contribution in [0.4, 0.5) is 5.69 Å². The smallest absolute Gasteiger partial charge is 0.187 e. The highest BCUT2D eigenvalue weighted by Crippen LogP contribution is 2.32. The number of nitrogens with one attached hydrogen (secondary N) is 1. The van der Waals surface area contributed by atoms with Crippen LogP contribution in [0, 0.1) is 6.57 Å². The van der Waals surface area contributed by atoms with Crippen molar-refractivity contribution in [2.45, 2.75) is 25.8 Å². The van der Waals surface area contributed by atoms with Crippen LogP contribution in [0.5, 0.6) is 0 Å². The maximum absolute atomic E-state index is 12.5. The lowest BCUT2D eigenvalue weighted by Crippen LogP contribution is -2.43. The van der Waals surface area contributed by atoms with Crippen LogP contribution in [0.2, 0.25) is 0 Å². The predicted octanol–water partition coefficient (Wildman–Crippen LogP) is 4.39. The zero-order chi connectivity index (χ0) is 16.4. The summed E-state index contributed by atoms with van der Waals surface area (Å²) >= 11 is 0. The van der Waals surface area contributed by atoms with Gasteiger partial charge in [0.05, 0.1) is 6.57 Å². The van der Waals surface area contributed by atoms with E-state index in [4.69, 9.17) is 6.57 Å². The Hall–Kier alpha value is -2.86. The maximum Gasteiger partial charge on any atom is 0.187 e. The normalized spacial score (nSPS) is 17.0. The summed E-state index contributed by atoms with van der Waals surface area (Å²) in [6, 6.07) is 14.9. The molecule has 0 radical (unpaired) electrons. The Kier molecular flexibility index (Phi) is 3.75. The van der Waals surface area contributed by atoms with Crippen LogP contribution >= 0.6 is 0 Å². The summed E-state index contributed by atoms with van der Waals surface area (Å²) in [4.78, 5) is 16.0. The molecular formula is C20H18N2O. The van der Waals surface area contributed by atoms with E-state index in [9.17, 15) is 4.79 Å². The van der Waals surface area contributed by atoms with E-state index in [1.807, 2.05) is 48.5 Å². The molecule has 0 saturated carbocycles. The molecule has 0 atom stereocenters. The van der Waals surface area contributed by atoms with Crippen molar-refractivity contribution in [2.24, 2.45) is 0 Å². The number of allylic oxidation sites excluding steroid dienone is 1. The molecule has 0 saturated heterocycles. The third-order valence-corrected chi connectivity index (χ3v) is 3.95. The quantitative estimate of drug-likeness (QED) is 0.507. The molecule has 0 unspecified atom stereocenters. The molecule has 3 heteroatoms. The van der Waals surface area contributed by atoms with Crippen LogP contribution in [0.25, 0.3) is 10.5 Å². The van der Waals surface area contributed by atoms with E-state index in [1.54, 1.807) is 6.08 Å². The molecule has 1 N–H and O–H groups in total. The van der Waals surface area contributed by atoms with E-state index in [1.165, 1.54) is 0 Å². The fraction of sp³-hybridized carbons (Fsp3) is 0.200. The Morgan fingerprint density at radius 1 is 1.22 bits per heavy atom. The van der Waals surface area contributed by atoms with Crippen molar-refractivity contribution in [1.82, 2.24) is 5.32 Å². The van der Waals surface area contributed by atoms with Gasteiger partial charge < -0.3 is 5.32 Å². The molecule has 2 aromatic carbocycles. The number of carbonyl (C=O) groups is 1. The minimum absolute atomic E-state index is 0.0371. The standard InChI is InChI=1S/C20H18N2O/c1-20(2)13-15-9-10-16(21-3)11-17(15)18(22-20)12-19(23)14-7-5-4-6-8-14/h4-12,22H,13H2,1-2H3/b18-12-. The molecule has 0 fully saturated rings. The van der Waals surface area contributed by atoms with Crippen LogP contribution in [0.3, 0.4) is 0 Å². The first kappa shape index (κ1) is 15.1. The van der Waals surface area contributed by atoms with Gasteiger partial charge in [-0.1, -0.05) is 42.5 Å². The average Bonchev–Trinajstić information content (AvgIpc) is 2.54. The Bertz CT molecular complexity index is 826. The first-order valence-corrected chi connectivity index (χ1v) is 7.58. The van der Waals surface area contributed by atoms with Gasteiger partial charge in [0.15, 0.2) is 11.5 Å².